The lowest BCUT2D eigenvalue weighted by molar-refractivity contribution is -0.139. The van der Waals surface area contributed by atoms with Crippen molar-refractivity contribution in [3.05, 3.63) is 77.3 Å². The zero-order valence-corrected chi connectivity index (χ0v) is 28.2. The van der Waals surface area contributed by atoms with E-state index >= 15 is 0 Å². The van der Waals surface area contributed by atoms with Crippen LogP contribution in [0.2, 0.25) is 5.02 Å². The number of halogens is 1. The molecular weight excluding hydrogens is 618 g/mol. The van der Waals surface area contributed by atoms with E-state index in [1.807, 2.05) is 51.1 Å². The molecule has 0 fully saturated rings. The summed E-state index contributed by atoms with van der Waals surface area (Å²) in [5, 5.41) is 3.22. The fourth-order valence-electron chi connectivity index (χ4n) is 4.81. The lowest BCUT2D eigenvalue weighted by atomic mass is 10.1. The van der Waals surface area contributed by atoms with Crippen LogP contribution in [-0.2, 0) is 26.0 Å². The Bertz CT molecular complexity index is 1550. The molecule has 0 saturated heterocycles. The van der Waals surface area contributed by atoms with Gasteiger partial charge in [0.1, 0.15) is 18.3 Å². The molecule has 1 N–H and O–H groups in total. The van der Waals surface area contributed by atoms with Gasteiger partial charge in [-0.05, 0) is 62.1 Å². The molecule has 0 aliphatic carbocycles. The lowest BCUT2D eigenvalue weighted by Gasteiger charge is -2.34. The Morgan fingerprint density at radius 3 is 2.11 bits per heavy atom. The molecule has 0 bridgehead atoms. The van der Waals surface area contributed by atoms with E-state index in [2.05, 4.69) is 5.32 Å². The number of sulfonamides is 1. The van der Waals surface area contributed by atoms with Gasteiger partial charge in [-0.2, -0.15) is 0 Å². The molecule has 0 unspecified atom stereocenters. The molecule has 3 aromatic rings. The summed E-state index contributed by atoms with van der Waals surface area (Å²) in [4.78, 5) is 29.1. The highest BCUT2D eigenvalue weighted by Crippen LogP contribution is 2.37. The summed E-state index contributed by atoms with van der Waals surface area (Å²) in [6.07, 6.45) is 1.50. The van der Waals surface area contributed by atoms with Crippen LogP contribution in [0.3, 0.4) is 0 Å². The fourth-order valence-corrected chi connectivity index (χ4v) is 6.41. The van der Waals surface area contributed by atoms with Gasteiger partial charge in [-0.25, -0.2) is 8.42 Å². The van der Waals surface area contributed by atoms with E-state index in [1.54, 1.807) is 6.07 Å². The number of benzene rings is 3. The number of amides is 2. The van der Waals surface area contributed by atoms with E-state index in [4.69, 9.17) is 25.8 Å². The molecule has 0 saturated carbocycles. The van der Waals surface area contributed by atoms with Crippen LogP contribution in [-0.4, -0.2) is 71.6 Å². The number of nitrogens with zero attached hydrogens (tertiary/aromatic N) is 2. The first kappa shape index (κ1) is 35.5. The molecule has 0 radical (unpaired) electrons. The van der Waals surface area contributed by atoms with Crippen LogP contribution in [0.4, 0.5) is 5.69 Å². The average molecular weight is 660 g/mol. The molecule has 3 rings (SSSR count). The van der Waals surface area contributed by atoms with Crippen LogP contribution in [0.1, 0.15) is 39.2 Å². The van der Waals surface area contributed by atoms with Crippen molar-refractivity contribution >= 4 is 39.1 Å². The number of hydrogen-bond donors (Lipinski definition) is 1. The Kier molecular flexibility index (Phi) is 12.9. The Balaban J connectivity index is 2.13. The Morgan fingerprint density at radius 1 is 0.867 bits per heavy atom. The first-order chi connectivity index (χ1) is 21.5. The molecule has 0 aliphatic rings. The number of methoxy groups -OCH3 is 3. The largest absolute Gasteiger partial charge is 0.495 e. The van der Waals surface area contributed by atoms with Gasteiger partial charge in [0, 0.05) is 23.7 Å². The fraction of sp³-hybridized carbons (Fsp3) is 0.394. The van der Waals surface area contributed by atoms with Crippen LogP contribution in [0.25, 0.3) is 0 Å². The van der Waals surface area contributed by atoms with Gasteiger partial charge in [-0.1, -0.05) is 55.8 Å². The SMILES string of the molecule is CC[C@H](C)NC(=O)[C@H](CC)N(CCc1ccccc1)C(=O)CN(c1cc(Cl)ccc1OC)S(=O)(=O)c1ccc(OC)c(OC)c1. The van der Waals surface area contributed by atoms with Gasteiger partial charge in [-0.3, -0.25) is 13.9 Å². The van der Waals surface area contributed by atoms with Gasteiger partial charge in [0.15, 0.2) is 11.5 Å². The second kappa shape index (κ2) is 16.4. The monoisotopic (exact) mass is 659 g/mol. The molecule has 0 spiro atoms. The van der Waals surface area contributed by atoms with Crippen molar-refractivity contribution in [2.45, 2.75) is 57.0 Å². The summed E-state index contributed by atoms with van der Waals surface area (Å²) in [6, 6.07) is 17.3. The van der Waals surface area contributed by atoms with Crippen molar-refractivity contribution in [1.29, 1.82) is 0 Å². The number of rotatable bonds is 16. The number of carbonyl (C=O) groups is 2. The van der Waals surface area contributed by atoms with Crippen LogP contribution in [0, 0.1) is 0 Å². The van der Waals surface area contributed by atoms with Crippen molar-refractivity contribution in [3.8, 4) is 17.2 Å². The maximum Gasteiger partial charge on any atom is 0.265 e. The Morgan fingerprint density at radius 2 is 1.51 bits per heavy atom. The summed E-state index contributed by atoms with van der Waals surface area (Å²) in [6.45, 7) is 5.23. The molecular formula is C33H42ClN3O7S. The quantitative estimate of drug-likeness (QED) is 0.221. The summed E-state index contributed by atoms with van der Waals surface area (Å²) in [5.74, 6) is -0.149. The minimum atomic E-state index is -4.42. The third kappa shape index (κ3) is 8.82. The molecule has 0 aromatic heterocycles. The van der Waals surface area contributed by atoms with Crippen molar-refractivity contribution < 1.29 is 32.2 Å². The highest BCUT2D eigenvalue weighted by Gasteiger charge is 2.35. The van der Waals surface area contributed by atoms with Gasteiger partial charge in [0.05, 0.1) is 31.9 Å². The van der Waals surface area contributed by atoms with Crippen molar-refractivity contribution in [2.75, 3.05) is 38.7 Å². The molecule has 244 valence electrons. The van der Waals surface area contributed by atoms with Crippen LogP contribution >= 0.6 is 11.6 Å². The summed E-state index contributed by atoms with van der Waals surface area (Å²) in [5.41, 5.74) is 1.03. The van der Waals surface area contributed by atoms with E-state index < -0.39 is 28.5 Å². The highest BCUT2D eigenvalue weighted by atomic mass is 35.5. The molecule has 0 heterocycles. The number of anilines is 1. The van der Waals surface area contributed by atoms with Crippen molar-refractivity contribution in [2.24, 2.45) is 0 Å². The molecule has 3 aromatic carbocycles. The van der Waals surface area contributed by atoms with Crippen LogP contribution in [0.5, 0.6) is 17.2 Å². The molecule has 2 atom stereocenters. The summed E-state index contributed by atoms with van der Waals surface area (Å²) >= 11 is 6.33. The number of carbonyl (C=O) groups excluding carboxylic acids is 2. The normalized spacial score (nSPS) is 12.5. The lowest BCUT2D eigenvalue weighted by Crippen LogP contribution is -2.54. The minimum Gasteiger partial charge on any atom is -0.495 e. The van der Waals surface area contributed by atoms with Crippen LogP contribution in [0.15, 0.2) is 71.6 Å². The van der Waals surface area contributed by atoms with Gasteiger partial charge < -0.3 is 24.4 Å². The average Bonchev–Trinajstić information content (AvgIpc) is 3.05. The van der Waals surface area contributed by atoms with E-state index in [0.717, 1.165) is 9.87 Å². The summed E-state index contributed by atoms with van der Waals surface area (Å²) in [7, 11) is -0.182. The van der Waals surface area contributed by atoms with Gasteiger partial charge >= 0.3 is 0 Å². The van der Waals surface area contributed by atoms with Crippen LogP contribution < -0.4 is 23.8 Å². The third-order valence-electron chi connectivity index (χ3n) is 7.50. The number of ether oxygens (including phenoxy) is 3. The zero-order valence-electron chi connectivity index (χ0n) is 26.6. The Labute approximate surface area is 271 Å². The van der Waals surface area contributed by atoms with E-state index in [0.29, 0.717) is 25.0 Å². The maximum atomic E-state index is 14.4. The van der Waals surface area contributed by atoms with Gasteiger partial charge in [0.2, 0.25) is 11.8 Å². The summed E-state index contributed by atoms with van der Waals surface area (Å²) < 4.78 is 45.8. The molecule has 12 heteroatoms. The predicted octanol–water partition coefficient (Wildman–Crippen LogP) is 5.33. The van der Waals surface area contributed by atoms with Gasteiger partial charge in [-0.15, -0.1) is 0 Å². The van der Waals surface area contributed by atoms with E-state index in [9.17, 15) is 18.0 Å². The van der Waals surface area contributed by atoms with Crippen molar-refractivity contribution in [1.82, 2.24) is 10.2 Å². The minimum absolute atomic E-state index is 0.0632. The molecule has 0 aliphatic heterocycles. The number of nitrogens with one attached hydrogen (secondary N) is 1. The third-order valence-corrected chi connectivity index (χ3v) is 9.49. The molecule has 10 nitrogen and oxygen atoms in total. The zero-order chi connectivity index (χ0) is 33.1. The van der Waals surface area contributed by atoms with E-state index in [1.165, 1.54) is 56.6 Å². The second-order valence-corrected chi connectivity index (χ2v) is 12.7. The van der Waals surface area contributed by atoms with Gasteiger partial charge in [0.25, 0.3) is 10.0 Å². The van der Waals surface area contributed by atoms with E-state index in [-0.39, 0.29) is 45.6 Å². The number of hydrogen-bond acceptors (Lipinski definition) is 7. The maximum absolute atomic E-state index is 14.4. The predicted molar refractivity (Wildman–Crippen MR) is 176 cm³/mol. The molecule has 45 heavy (non-hydrogen) atoms. The smallest absolute Gasteiger partial charge is 0.265 e. The van der Waals surface area contributed by atoms with Crippen molar-refractivity contribution in [3.63, 3.8) is 0 Å². The molecule has 2 amide bonds. The standard InChI is InChI=1S/C33H42ClN3O7S/c1-7-23(3)35-33(39)27(8-2)36(19-18-24-12-10-9-11-13-24)32(38)22-37(28-20-25(34)14-16-29(28)42-4)45(40,41)26-15-17-30(43-5)31(21-26)44-6/h9-17,20-21,23,27H,7-8,18-19,22H2,1-6H3,(H,35,39)/t23-,27-/m0/s1. The first-order valence-corrected chi connectivity index (χ1v) is 16.5. The highest BCUT2D eigenvalue weighted by molar-refractivity contribution is 7.92. The Hall–Kier alpha value is -3.96. The first-order valence-electron chi connectivity index (χ1n) is 14.7. The second-order valence-electron chi connectivity index (χ2n) is 10.4. The topological polar surface area (TPSA) is 114 Å².